The fourth-order valence-electron chi connectivity index (χ4n) is 4.22. The van der Waals surface area contributed by atoms with Crippen LogP contribution in [0.2, 0.25) is 0 Å². The Bertz CT molecular complexity index is 1300. The Morgan fingerprint density at radius 3 is 2.52 bits per heavy atom. The monoisotopic (exact) mass is 440 g/mol. The van der Waals surface area contributed by atoms with Crippen molar-refractivity contribution in [3.63, 3.8) is 0 Å². The van der Waals surface area contributed by atoms with Gasteiger partial charge in [-0.1, -0.05) is 18.2 Å². The second-order valence-corrected chi connectivity index (χ2v) is 8.75. The Hall–Kier alpha value is -3.71. The maximum Gasteiger partial charge on any atom is 0.276 e. The number of piperazine rings is 1. The number of nitrogens with zero attached hydrogens (tertiary/aromatic N) is 5. The molecule has 0 aliphatic carbocycles. The van der Waals surface area contributed by atoms with Crippen molar-refractivity contribution in [1.29, 1.82) is 0 Å². The normalized spacial score (nSPS) is 14.6. The summed E-state index contributed by atoms with van der Waals surface area (Å²) in [6, 6.07) is 13.9. The number of hydrogen-bond donors (Lipinski definition) is 1. The number of aromatic nitrogens is 3. The molecule has 7 nitrogen and oxygen atoms in total. The Labute approximate surface area is 193 Å². The number of benzene rings is 1. The molecule has 1 saturated heterocycles. The van der Waals surface area contributed by atoms with E-state index in [1.807, 2.05) is 54.0 Å². The van der Waals surface area contributed by atoms with Crippen molar-refractivity contribution >= 4 is 22.9 Å². The number of likely N-dealkylation sites (N-methyl/N-ethyl adjacent to an activating group) is 1. The van der Waals surface area contributed by atoms with E-state index in [4.69, 9.17) is 4.98 Å². The van der Waals surface area contributed by atoms with Gasteiger partial charge >= 0.3 is 0 Å². The molecule has 0 unspecified atom stereocenters. The Kier molecular flexibility index (Phi) is 5.56. The van der Waals surface area contributed by atoms with Gasteiger partial charge in [-0.05, 0) is 56.3 Å². The summed E-state index contributed by atoms with van der Waals surface area (Å²) in [5, 5.41) is 3.02. The number of rotatable bonds is 4. The van der Waals surface area contributed by atoms with Gasteiger partial charge in [-0.2, -0.15) is 0 Å². The molecular weight excluding hydrogens is 412 g/mol. The molecular formula is C26H28N6O. The number of aryl methyl sites for hydroxylation is 2. The molecule has 4 aromatic rings. The molecule has 1 fully saturated rings. The Morgan fingerprint density at radius 2 is 1.79 bits per heavy atom. The highest BCUT2D eigenvalue weighted by molar-refractivity contribution is 6.06. The molecule has 1 N–H and O–H groups in total. The van der Waals surface area contributed by atoms with Crippen LogP contribution in [0.3, 0.4) is 0 Å². The first kappa shape index (κ1) is 21.2. The molecule has 0 radical (unpaired) electrons. The third-order valence-electron chi connectivity index (χ3n) is 6.18. The fourth-order valence-corrected chi connectivity index (χ4v) is 4.22. The molecule has 7 heteroatoms. The lowest BCUT2D eigenvalue weighted by atomic mass is 10.1. The number of anilines is 2. The average Bonchev–Trinajstić information content (AvgIpc) is 3.26. The molecule has 5 rings (SSSR count). The summed E-state index contributed by atoms with van der Waals surface area (Å²) in [6.07, 6.45) is 5.78. The van der Waals surface area contributed by atoms with Crippen LogP contribution in [-0.2, 0) is 0 Å². The van der Waals surface area contributed by atoms with Gasteiger partial charge in [0.2, 0.25) is 0 Å². The van der Waals surface area contributed by atoms with Crippen molar-refractivity contribution in [1.82, 2.24) is 19.3 Å². The van der Waals surface area contributed by atoms with Gasteiger partial charge in [-0.25, -0.2) is 9.97 Å². The smallest absolute Gasteiger partial charge is 0.276 e. The van der Waals surface area contributed by atoms with Gasteiger partial charge in [-0.15, -0.1) is 0 Å². The summed E-state index contributed by atoms with van der Waals surface area (Å²) in [5.74, 6) is -0.194. The zero-order chi connectivity index (χ0) is 22.9. The molecule has 33 heavy (non-hydrogen) atoms. The number of fused-ring (bicyclic) bond motifs is 1. The van der Waals surface area contributed by atoms with Crippen LogP contribution in [0.25, 0.3) is 16.9 Å². The topological polar surface area (TPSA) is 65.8 Å². The lowest BCUT2D eigenvalue weighted by Gasteiger charge is -2.34. The SMILES string of the molecule is Cc1cnc(C(=O)Nc2ccc(-c3cn4cccc(C)c4n3)cc2)c(N2CCN(C)CC2)c1. The first-order valence-electron chi connectivity index (χ1n) is 11.2. The van der Waals surface area contributed by atoms with Crippen molar-refractivity contribution in [2.45, 2.75) is 13.8 Å². The van der Waals surface area contributed by atoms with Crippen LogP contribution < -0.4 is 10.2 Å². The quantitative estimate of drug-likeness (QED) is 0.519. The summed E-state index contributed by atoms with van der Waals surface area (Å²) in [4.78, 5) is 26.9. The Balaban J connectivity index is 1.35. The van der Waals surface area contributed by atoms with Crippen LogP contribution in [0, 0.1) is 13.8 Å². The molecule has 168 valence electrons. The largest absolute Gasteiger partial charge is 0.367 e. The molecule has 0 atom stereocenters. The zero-order valence-corrected chi connectivity index (χ0v) is 19.2. The average molecular weight is 441 g/mol. The van der Waals surface area contributed by atoms with Crippen LogP contribution in [0.15, 0.2) is 61.1 Å². The van der Waals surface area contributed by atoms with E-state index in [0.717, 1.165) is 65.6 Å². The van der Waals surface area contributed by atoms with Crippen molar-refractivity contribution < 1.29 is 4.79 Å². The predicted octanol–water partition coefficient (Wildman–Crippen LogP) is 4.02. The van der Waals surface area contributed by atoms with Crippen molar-refractivity contribution in [2.75, 3.05) is 43.4 Å². The van der Waals surface area contributed by atoms with Crippen molar-refractivity contribution in [2.24, 2.45) is 0 Å². The third kappa shape index (κ3) is 4.32. The number of carbonyl (C=O) groups excluding carboxylic acids is 1. The Morgan fingerprint density at radius 1 is 1.03 bits per heavy atom. The van der Waals surface area contributed by atoms with E-state index in [1.165, 1.54) is 0 Å². The van der Waals surface area contributed by atoms with E-state index in [9.17, 15) is 4.79 Å². The molecule has 1 aliphatic heterocycles. The zero-order valence-electron chi connectivity index (χ0n) is 19.2. The van der Waals surface area contributed by atoms with E-state index in [1.54, 1.807) is 6.20 Å². The minimum Gasteiger partial charge on any atom is -0.367 e. The second kappa shape index (κ2) is 8.67. The van der Waals surface area contributed by atoms with Crippen molar-refractivity contribution in [3.05, 3.63) is 77.9 Å². The van der Waals surface area contributed by atoms with E-state index in [2.05, 4.69) is 46.2 Å². The standard InChI is InChI=1S/C26H28N6O/c1-18-15-23(31-13-11-30(3)12-14-31)24(27-16-18)26(33)28-21-8-6-20(7-9-21)22-17-32-10-4-5-19(2)25(32)29-22/h4-10,15-17H,11-14H2,1-3H3,(H,28,33). The summed E-state index contributed by atoms with van der Waals surface area (Å²) < 4.78 is 2.03. The van der Waals surface area contributed by atoms with Crippen LogP contribution in [0.5, 0.6) is 0 Å². The summed E-state index contributed by atoms with van der Waals surface area (Å²) in [5.41, 5.74) is 7.13. The van der Waals surface area contributed by atoms with Gasteiger partial charge in [0.1, 0.15) is 5.65 Å². The highest BCUT2D eigenvalue weighted by Gasteiger charge is 2.22. The first-order chi connectivity index (χ1) is 16.0. The molecule has 1 aliphatic rings. The highest BCUT2D eigenvalue weighted by atomic mass is 16.1. The van der Waals surface area contributed by atoms with Crippen molar-refractivity contribution in [3.8, 4) is 11.3 Å². The van der Waals surface area contributed by atoms with E-state index < -0.39 is 0 Å². The van der Waals surface area contributed by atoms with Gasteiger partial charge in [0.15, 0.2) is 5.69 Å². The molecule has 3 aromatic heterocycles. The number of imidazole rings is 1. The molecule has 0 bridgehead atoms. The summed E-state index contributed by atoms with van der Waals surface area (Å²) in [7, 11) is 2.12. The highest BCUT2D eigenvalue weighted by Crippen LogP contribution is 2.25. The number of carbonyl (C=O) groups is 1. The molecule has 1 amide bonds. The minimum absolute atomic E-state index is 0.194. The first-order valence-corrected chi connectivity index (χ1v) is 11.2. The van der Waals surface area contributed by atoms with Gasteiger partial charge in [0.05, 0.1) is 11.4 Å². The molecule has 0 spiro atoms. The molecule has 4 heterocycles. The van der Waals surface area contributed by atoms with Gasteiger partial charge in [0, 0.05) is 56.0 Å². The van der Waals surface area contributed by atoms with E-state index >= 15 is 0 Å². The minimum atomic E-state index is -0.194. The fraction of sp³-hybridized carbons (Fsp3) is 0.269. The summed E-state index contributed by atoms with van der Waals surface area (Å²) in [6.45, 7) is 7.77. The second-order valence-electron chi connectivity index (χ2n) is 8.75. The number of pyridine rings is 2. The van der Waals surface area contributed by atoms with Gasteiger partial charge in [-0.3, -0.25) is 4.79 Å². The third-order valence-corrected chi connectivity index (χ3v) is 6.18. The maximum atomic E-state index is 13.1. The molecule has 1 aromatic carbocycles. The van der Waals surface area contributed by atoms with Gasteiger partial charge in [0.25, 0.3) is 5.91 Å². The molecule has 0 saturated carbocycles. The number of amides is 1. The lowest BCUT2D eigenvalue weighted by Crippen LogP contribution is -2.45. The van der Waals surface area contributed by atoms with Crippen LogP contribution in [-0.4, -0.2) is 58.4 Å². The predicted molar refractivity (Wildman–Crippen MR) is 132 cm³/mol. The maximum absolute atomic E-state index is 13.1. The number of nitrogens with one attached hydrogen (secondary N) is 1. The van der Waals surface area contributed by atoms with Crippen LogP contribution in [0.1, 0.15) is 21.6 Å². The van der Waals surface area contributed by atoms with E-state index in [-0.39, 0.29) is 5.91 Å². The lowest BCUT2D eigenvalue weighted by molar-refractivity contribution is 0.102. The van der Waals surface area contributed by atoms with Crippen LogP contribution in [0.4, 0.5) is 11.4 Å². The van der Waals surface area contributed by atoms with Crippen LogP contribution >= 0.6 is 0 Å². The van der Waals surface area contributed by atoms with Gasteiger partial charge < -0.3 is 19.5 Å². The van der Waals surface area contributed by atoms with E-state index in [0.29, 0.717) is 5.69 Å². The number of hydrogen-bond acceptors (Lipinski definition) is 5. The summed E-state index contributed by atoms with van der Waals surface area (Å²) >= 11 is 0.